The Bertz CT molecular complexity index is 234. The van der Waals surface area contributed by atoms with Crippen LogP contribution in [0.15, 0.2) is 0 Å². The van der Waals surface area contributed by atoms with Gasteiger partial charge in [0.15, 0.2) is 0 Å². The summed E-state index contributed by atoms with van der Waals surface area (Å²) in [5, 5.41) is 8.34. The highest BCUT2D eigenvalue weighted by molar-refractivity contribution is 6.82. The van der Waals surface area contributed by atoms with E-state index < -0.39 is 22.3 Å². The van der Waals surface area contributed by atoms with Crippen LogP contribution < -0.4 is 0 Å². The van der Waals surface area contributed by atoms with E-state index in [1.807, 2.05) is 0 Å². The van der Waals surface area contributed by atoms with Crippen LogP contribution in [0.1, 0.15) is 12.8 Å². The monoisotopic (exact) mass is 276 g/mol. The Balaban J connectivity index is 3.67. The second-order valence-electron chi connectivity index (χ2n) is 6.80. The van der Waals surface area contributed by atoms with Crippen molar-refractivity contribution in [1.82, 2.24) is 0 Å². The van der Waals surface area contributed by atoms with Crippen molar-refractivity contribution in [2.75, 3.05) is 6.61 Å². The molecule has 3 nitrogen and oxygen atoms in total. The number of unbranched alkanes of at least 4 members (excludes halogenated alkanes) is 1. The molecule has 0 fully saturated rings. The highest BCUT2D eigenvalue weighted by atomic mass is 28.3. The molecule has 5 heteroatoms. The van der Waals surface area contributed by atoms with Crippen LogP contribution in [0.2, 0.25) is 50.9 Å². The normalized spacial score (nSPS) is 12.5. The van der Waals surface area contributed by atoms with Gasteiger partial charge >= 0.3 is 6.16 Å². The average molecular weight is 277 g/mol. The zero-order valence-corrected chi connectivity index (χ0v) is 14.0. The summed E-state index contributed by atoms with van der Waals surface area (Å²) >= 11 is 0. The first-order valence-electron chi connectivity index (χ1n) is 6.48. The third-order valence-corrected chi connectivity index (χ3v) is 8.59. The van der Waals surface area contributed by atoms with E-state index in [1.54, 1.807) is 0 Å². The zero-order valence-electron chi connectivity index (χ0n) is 12.0. The van der Waals surface area contributed by atoms with Crippen molar-refractivity contribution in [3.05, 3.63) is 0 Å². The Labute approximate surface area is 108 Å². The molecular weight excluding hydrogens is 248 g/mol. The second-order valence-corrected chi connectivity index (χ2v) is 17.7. The third kappa shape index (κ3) is 12.0. The molecule has 0 aromatic carbocycles. The lowest BCUT2D eigenvalue weighted by Gasteiger charge is -2.26. The van der Waals surface area contributed by atoms with E-state index in [0.29, 0.717) is 6.61 Å². The van der Waals surface area contributed by atoms with Crippen molar-refractivity contribution < 1.29 is 14.6 Å². The molecule has 0 heterocycles. The minimum Gasteiger partial charge on any atom is -0.450 e. The molecule has 0 aliphatic carbocycles. The van der Waals surface area contributed by atoms with Gasteiger partial charge in [0.25, 0.3) is 0 Å². The molecule has 0 radical (unpaired) electrons. The molecule has 0 amide bonds. The molecule has 17 heavy (non-hydrogen) atoms. The topological polar surface area (TPSA) is 46.5 Å². The summed E-state index contributed by atoms with van der Waals surface area (Å²) in [4.78, 5) is 10.2. The van der Waals surface area contributed by atoms with Crippen molar-refractivity contribution in [1.29, 1.82) is 0 Å². The maximum atomic E-state index is 10.2. The molecule has 102 valence electrons. The van der Waals surface area contributed by atoms with E-state index in [0.717, 1.165) is 12.8 Å². The van der Waals surface area contributed by atoms with Gasteiger partial charge in [0, 0.05) is 16.1 Å². The fraction of sp³-hybridized carbons (Fsp3) is 0.917. The molecule has 0 aliphatic rings. The van der Waals surface area contributed by atoms with Crippen LogP contribution in [-0.2, 0) is 4.74 Å². The van der Waals surface area contributed by atoms with Gasteiger partial charge in [-0.3, -0.25) is 0 Å². The van der Waals surface area contributed by atoms with E-state index in [-0.39, 0.29) is 0 Å². The average Bonchev–Trinajstić information content (AvgIpc) is 2.13. The van der Waals surface area contributed by atoms with Crippen LogP contribution in [0.3, 0.4) is 0 Å². The van der Waals surface area contributed by atoms with Crippen LogP contribution in [0, 0.1) is 0 Å². The molecule has 0 bridgehead atoms. The number of hydrogen-bond donors (Lipinski definition) is 1. The van der Waals surface area contributed by atoms with Crippen molar-refractivity contribution in [3.63, 3.8) is 0 Å². The van der Waals surface area contributed by atoms with Crippen LogP contribution in [0.4, 0.5) is 4.79 Å². The highest BCUT2D eigenvalue weighted by Crippen LogP contribution is 2.24. The molecule has 0 spiro atoms. The van der Waals surface area contributed by atoms with E-state index >= 15 is 0 Å². The summed E-state index contributed by atoms with van der Waals surface area (Å²) in [6.07, 6.45) is 0.827. The molecule has 0 aromatic rings. The van der Waals surface area contributed by atoms with E-state index in [1.165, 1.54) is 18.1 Å². The van der Waals surface area contributed by atoms with Gasteiger partial charge in [-0.15, -0.1) is 0 Å². The first-order chi connectivity index (χ1) is 7.62. The molecule has 0 unspecified atom stereocenters. The van der Waals surface area contributed by atoms with Crippen molar-refractivity contribution in [3.8, 4) is 0 Å². The Morgan fingerprint density at radius 1 is 1.00 bits per heavy atom. The number of hydrogen-bond acceptors (Lipinski definition) is 2. The standard InChI is InChI=1S/C12H28O3Si2/c1-16(2,3)10-11-17(4,5)9-7-6-8-15-12(13)14/h6-11H2,1-5H3,(H,13,14). The number of carboxylic acid groups (broad SMARTS) is 1. The Hall–Kier alpha value is -0.296. The first-order valence-corrected chi connectivity index (χ1v) is 13.6. The summed E-state index contributed by atoms with van der Waals surface area (Å²) in [6.45, 7) is 12.5. The first kappa shape index (κ1) is 16.7. The van der Waals surface area contributed by atoms with Gasteiger partial charge in [-0.25, -0.2) is 4.79 Å². The van der Waals surface area contributed by atoms with Crippen molar-refractivity contribution >= 4 is 22.3 Å². The van der Waals surface area contributed by atoms with Crippen LogP contribution in [-0.4, -0.2) is 34.0 Å². The molecule has 0 saturated carbocycles. The number of carbonyl (C=O) groups is 1. The maximum absolute atomic E-state index is 10.2. The summed E-state index contributed by atoms with van der Waals surface area (Å²) in [5.41, 5.74) is 0. The van der Waals surface area contributed by atoms with Gasteiger partial charge in [-0.05, 0) is 6.42 Å². The Kier molecular flexibility index (Phi) is 7.08. The number of ether oxygens (including phenoxy) is 1. The fourth-order valence-corrected chi connectivity index (χ4v) is 8.87. The fourth-order valence-electron chi connectivity index (χ4n) is 1.70. The largest absolute Gasteiger partial charge is 0.505 e. The van der Waals surface area contributed by atoms with Gasteiger partial charge in [-0.1, -0.05) is 57.3 Å². The van der Waals surface area contributed by atoms with Gasteiger partial charge < -0.3 is 9.84 Å². The zero-order chi connectivity index (χ0) is 13.5. The molecule has 0 atom stereocenters. The van der Waals surface area contributed by atoms with Crippen molar-refractivity contribution in [2.24, 2.45) is 0 Å². The lowest BCUT2D eigenvalue weighted by molar-refractivity contribution is 0.0904. The van der Waals surface area contributed by atoms with Gasteiger partial charge in [-0.2, -0.15) is 0 Å². The van der Waals surface area contributed by atoms with Gasteiger partial charge in [0.05, 0.1) is 6.61 Å². The molecule has 0 aromatic heterocycles. The SMILES string of the molecule is C[Si](C)(C)CC[Si](C)(C)CCCCOC(=O)O. The van der Waals surface area contributed by atoms with Gasteiger partial charge in [0.1, 0.15) is 0 Å². The van der Waals surface area contributed by atoms with Crippen molar-refractivity contribution in [2.45, 2.75) is 63.7 Å². The van der Waals surface area contributed by atoms with E-state index in [9.17, 15) is 4.79 Å². The van der Waals surface area contributed by atoms with Crippen LogP contribution in [0.25, 0.3) is 0 Å². The predicted octanol–water partition coefficient (Wildman–Crippen LogP) is 4.51. The van der Waals surface area contributed by atoms with Gasteiger partial charge in [0.2, 0.25) is 0 Å². The minimum absolute atomic E-state index is 0.355. The molecule has 0 saturated heterocycles. The minimum atomic E-state index is -1.15. The summed E-state index contributed by atoms with van der Waals surface area (Å²) in [5.74, 6) is 0. The highest BCUT2D eigenvalue weighted by Gasteiger charge is 2.23. The second kappa shape index (κ2) is 7.21. The molecule has 0 aliphatic heterocycles. The molecule has 0 rings (SSSR count). The summed E-state index contributed by atoms with van der Waals surface area (Å²) in [7, 11) is -1.96. The number of rotatable bonds is 8. The predicted molar refractivity (Wildman–Crippen MR) is 78.5 cm³/mol. The third-order valence-electron chi connectivity index (χ3n) is 3.03. The lowest BCUT2D eigenvalue weighted by atomic mass is 10.4. The smallest absolute Gasteiger partial charge is 0.450 e. The van der Waals surface area contributed by atoms with Crippen LogP contribution in [0.5, 0.6) is 0 Å². The quantitative estimate of drug-likeness (QED) is 0.403. The van der Waals surface area contributed by atoms with E-state index in [4.69, 9.17) is 5.11 Å². The van der Waals surface area contributed by atoms with E-state index in [2.05, 4.69) is 37.5 Å². The Morgan fingerprint density at radius 2 is 1.59 bits per heavy atom. The molecular formula is C12H28O3Si2. The Morgan fingerprint density at radius 3 is 2.06 bits per heavy atom. The lowest BCUT2D eigenvalue weighted by Crippen LogP contribution is -2.30. The summed E-state index contributed by atoms with van der Waals surface area (Å²) < 4.78 is 4.51. The molecule has 1 N–H and O–H groups in total. The summed E-state index contributed by atoms with van der Waals surface area (Å²) in [6, 6.07) is 4.14. The van der Waals surface area contributed by atoms with Crippen LogP contribution >= 0.6 is 0 Å². The maximum Gasteiger partial charge on any atom is 0.505 e.